The number of nitrogens with zero attached hydrogens (tertiary/aromatic N) is 1. The van der Waals surface area contributed by atoms with Crippen molar-refractivity contribution in [2.24, 2.45) is 16.6 Å². The summed E-state index contributed by atoms with van der Waals surface area (Å²) in [6, 6.07) is 7.98. The summed E-state index contributed by atoms with van der Waals surface area (Å²) in [5.41, 5.74) is 6.80. The minimum atomic E-state index is 0. The lowest BCUT2D eigenvalue weighted by molar-refractivity contribution is 0.297. The van der Waals surface area contributed by atoms with Gasteiger partial charge in [0, 0.05) is 12.1 Å². The topological polar surface area (TPSA) is 59.6 Å². The van der Waals surface area contributed by atoms with Crippen LogP contribution in [0, 0.1) is 5.92 Å². The molecule has 0 radical (unpaired) electrons. The van der Waals surface area contributed by atoms with Crippen molar-refractivity contribution in [2.75, 3.05) is 13.2 Å². The molecule has 4 nitrogen and oxygen atoms in total. The van der Waals surface area contributed by atoms with Gasteiger partial charge in [0.2, 0.25) is 0 Å². The molecule has 0 saturated heterocycles. The van der Waals surface area contributed by atoms with Gasteiger partial charge >= 0.3 is 0 Å². The van der Waals surface area contributed by atoms with Gasteiger partial charge in [-0.25, -0.2) is 4.99 Å². The van der Waals surface area contributed by atoms with Gasteiger partial charge in [-0.15, -0.1) is 30.6 Å². The maximum Gasteiger partial charge on any atom is 0.189 e. The first-order valence-corrected chi connectivity index (χ1v) is 6.65. The SMILES string of the molecule is C=CCNC(N)=NCc1ccccc1OCC1CC1.I. The van der Waals surface area contributed by atoms with Crippen molar-refractivity contribution in [3.05, 3.63) is 42.5 Å². The Hall–Kier alpha value is -1.24. The first-order chi connectivity index (χ1) is 9.29. The van der Waals surface area contributed by atoms with Crippen molar-refractivity contribution in [3.63, 3.8) is 0 Å². The Morgan fingerprint density at radius 1 is 1.45 bits per heavy atom. The minimum Gasteiger partial charge on any atom is -0.493 e. The van der Waals surface area contributed by atoms with Gasteiger partial charge < -0.3 is 15.8 Å². The number of ether oxygens (including phenoxy) is 1. The molecule has 1 aromatic rings. The van der Waals surface area contributed by atoms with Gasteiger partial charge in [-0.05, 0) is 24.8 Å². The van der Waals surface area contributed by atoms with E-state index in [9.17, 15) is 0 Å². The van der Waals surface area contributed by atoms with E-state index in [1.54, 1.807) is 6.08 Å². The standard InChI is InChI=1S/C15H21N3O.HI/c1-2-9-17-15(16)18-10-13-5-3-4-6-14(13)19-11-12-7-8-12;/h2-6,12H,1,7-11H2,(H3,16,17,18);1H. The molecular weight excluding hydrogens is 365 g/mol. The Kier molecular flexibility index (Phi) is 7.43. The summed E-state index contributed by atoms with van der Waals surface area (Å²) >= 11 is 0. The summed E-state index contributed by atoms with van der Waals surface area (Å²) in [5.74, 6) is 2.09. The predicted octanol–water partition coefficient (Wildman–Crippen LogP) is 2.68. The summed E-state index contributed by atoms with van der Waals surface area (Å²) in [6.45, 7) is 5.57. The molecule has 0 heterocycles. The van der Waals surface area contributed by atoms with E-state index in [2.05, 4.69) is 16.9 Å². The number of nitrogens with two attached hydrogens (primary N) is 1. The molecular formula is C15H22IN3O. The van der Waals surface area contributed by atoms with Crippen molar-refractivity contribution < 1.29 is 4.74 Å². The average Bonchev–Trinajstić information content (AvgIpc) is 3.25. The molecule has 1 fully saturated rings. The second-order valence-electron chi connectivity index (χ2n) is 4.73. The van der Waals surface area contributed by atoms with Crippen molar-refractivity contribution in [1.82, 2.24) is 5.32 Å². The molecule has 20 heavy (non-hydrogen) atoms. The zero-order chi connectivity index (χ0) is 13.5. The maximum absolute atomic E-state index is 5.83. The molecule has 1 aromatic carbocycles. The molecule has 1 saturated carbocycles. The van der Waals surface area contributed by atoms with Crippen LogP contribution in [0.5, 0.6) is 5.75 Å². The molecule has 110 valence electrons. The average molecular weight is 387 g/mol. The van der Waals surface area contributed by atoms with E-state index < -0.39 is 0 Å². The summed E-state index contributed by atoms with van der Waals surface area (Å²) < 4.78 is 5.83. The van der Waals surface area contributed by atoms with Gasteiger partial charge in [0.05, 0.1) is 13.2 Å². The number of benzene rings is 1. The highest BCUT2D eigenvalue weighted by atomic mass is 127. The molecule has 0 spiro atoms. The number of guanidine groups is 1. The van der Waals surface area contributed by atoms with E-state index in [4.69, 9.17) is 10.5 Å². The van der Waals surface area contributed by atoms with Gasteiger partial charge in [0.1, 0.15) is 5.75 Å². The lowest BCUT2D eigenvalue weighted by atomic mass is 10.2. The number of halogens is 1. The highest BCUT2D eigenvalue weighted by Crippen LogP contribution is 2.30. The number of rotatable bonds is 7. The maximum atomic E-state index is 5.83. The predicted molar refractivity (Wildman–Crippen MR) is 93.6 cm³/mol. The fourth-order valence-electron chi connectivity index (χ4n) is 1.67. The van der Waals surface area contributed by atoms with Crippen LogP contribution in [0.25, 0.3) is 0 Å². The van der Waals surface area contributed by atoms with E-state index in [0.717, 1.165) is 23.8 Å². The van der Waals surface area contributed by atoms with Gasteiger partial charge in [-0.2, -0.15) is 0 Å². The lowest BCUT2D eigenvalue weighted by Gasteiger charge is -2.10. The molecule has 0 aliphatic heterocycles. The number of nitrogens with one attached hydrogen (secondary N) is 1. The van der Waals surface area contributed by atoms with Crippen molar-refractivity contribution in [2.45, 2.75) is 19.4 Å². The smallest absolute Gasteiger partial charge is 0.189 e. The summed E-state index contributed by atoms with van der Waals surface area (Å²) in [4.78, 5) is 4.29. The molecule has 5 heteroatoms. The molecule has 0 bridgehead atoms. The lowest BCUT2D eigenvalue weighted by Crippen LogP contribution is -2.31. The van der Waals surface area contributed by atoms with Crippen LogP contribution in [0.15, 0.2) is 41.9 Å². The van der Waals surface area contributed by atoms with Crippen LogP contribution in [0.3, 0.4) is 0 Å². The Morgan fingerprint density at radius 2 is 2.20 bits per heavy atom. The molecule has 3 N–H and O–H groups in total. The Balaban J connectivity index is 0.00000200. The molecule has 2 rings (SSSR count). The summed E-state index contributed by atoms with van der Waals surface area (Å²) in [7, 11) is 0. The number of para-hydroxylation sites is 1. The molecule has 1 aliphatic carbocycles. The van der Waals surface area contributed by atoms with Crippen LogP contribution in [0.4, 0.5) is 0 Å². The van der Waals surface area contributed by atoms with Crippen LogP contribution in [0.1, 0.15) is 18.4 Å². The Morgan fingerprint density at radius 3 is 2.90 bits per heavy atom. The highest BCUT2D eigenvalue weighted by Gasteiger charge is 2.22. The number of aliphatic imine (C=N–C) groups is 1. The first kappa shape index (κ1) is 16.8. The third-order valence-corrected chi connectivity index (χ3v) is 2.99. The van der Waals surface area contributed by atoms with Crippen LogP contribution in [0.2, 0.25) is 0 Å². The van der Waals surface area contributed by atoms with E-state index >= 15 is 0 Å². The first-order valence-electron chi connectivity index (χ1n) is 6.65. The molecule has 0 unspecified atom stereocenters. The Labute approximate surface area is 137 Å². The third-order valence-electron chi connectivity index (χ3n) is 2.99. The second kappa shape index (κ2) is 8.84. The van der Waals surface area contributed by atoms with Gasteiger partial charge in [0.25, 0.3) is 0 Å². The van der Waals surface area contributed by atoms with Crippen LogP contribution in [-0.4, -0.2) is 19.1 Å². The molecule has 1 aliphatic rings. The third kappa shape index (κ3) is 5.81. The van der Waals surface area contributed by atoms with E-state index in [-0.39, 0.29) is 24.0 Å². The normalized spacial score (nSPS) is 14.3. The van der Waals surface area contributed by atoms with E-state index in [0.29, 0.717) is 19.0 Å². The monoisotopic (exact) mass is 387 g/mol. The van der Waals surface area contributed by atoms with Gasteiger partial charge in [-0.1, -0.05) is 24.3 Å². The fraction of sp³-hybridized carbons (Fsp3) is 0.400. The van der Waals surface area contributed by atoms with Crippen molar-refractivity contribution in [1.29, 1.82) is 0 Å². The highest BCUT2D eigenvalue weighted by molar-refractivity contribution is 14.0. The number of hydrogen-bond acceptors (Lipinski definition) is 2. The second-order valence-corrected chi connectivity index (χ2v) is 4.73. The number of hydrogen-bond donors (Lipinski definition) is 2. The Bertz CT molecular complexity index is 458. The summed E-state index contributed by atoms with van der Waals surface area (Å²) in [5, 5.41) is 2.95. The van der Waals surface area contributed by atoms with Gasteiger partial charge in [-0.3, -0.25) is 0 Å². The molecule has 0 amide bonds. The van der Waals surface area contributed by atoms with Crippen LogP contribution in [-0.2, 0) is 6.54 Å². The van der Waals surface area contributed by atoms with Crippen molar-refractivity contribution >= 4 is 29.9 Å². The molecule has 0 aromatic heterocycles. The minimum absolute atomic E-state index is 0. The quantitative estimate of drug-likeness (QED) is 0.327. The van der Waals surface area contributed by atoms with Gasteiger partial charge in [0.15, 0.2) is 5.96 Å². The van der Waals surface area contributed by atoms with E-state index in [1.807, 2.05) is 24.3 Å². The van der Waals surface area contributed by atoms with E-state index in [1.165, 1.54) is 12.8 Å². The van der Waals surface area contributed by atoms with Crippen molar-refractivity contribution in [3.8, 4) is 5.75 Å². The zero-order valence-corrected chi connectivity index (χ0v) is 13.9. The van der Waals surface area contributed by atoms with Crippen LogP contribution >= 0.6 is 24.0 Å². The molecule has 0 atom stereocenters. The summed E-state index contributed by atoms with van der Waals surface area (Å²) in [6.07, 6.45) is 4.33. The fourth-order valence-corrected chi connectivity index (χ4v) is 1.67. The van der Waals surface area contributed by atoms with Crippen LogP contribution < -0.4 is 15.8 Å². The largest absolute Gasteiger partial charge is 0.493 e. The zero-order valence-electron chi connectivity index (χ0n) is 11.5.